The molecule has 0 fully saturated rings. The van der Waals surface area contributed by atoms with E-state index in [2.05, 4.69) is 26.0 Å². The second-order valence-corrected chi connectivity index (χ2v) is 3.84. The maximum atomic E-state index is 2.42. The van der Waals surface area contributed by atoms with Crippen molar-refractivity contribution in [1.82, 2.24) is 0 Å². The van der Waals surface area contributed by atoms with E-state index >= 15 is 0 Å². The molecule has 0 aliphatic heterocycles. The summed E-state index contributed by atoms with van der Waals surface area (Å²) in [5.41, 5.74) is 6.11. The fourth-order valence-corrected chi connectivity index (χ4v) is 2.10. The molecule has 0 atom stereocenters. The van der Waals surface area contributed by atoms with Gasteiger partial charge >= 0.3 is 0 Å². The molecular formula is C12H16. The molecule has 0 heterocycles. The fraction of sp³-hybridized carbons (Fsp3) is 0.500. The highest BCUT2D eigenvalue weighted by Crippen LogP contribution is 2.35. The number of rotatable bonds is 0. The van der Waals surface area contributed by atoms with E-state index in [1.165, 1.54) is 36.8 Å². The zero-order valence-electron chi connectivity index (χ0n) is 7.98. The Bertz CT molecular complexity index is 283. The zero-order valence-corrected chi connectivity index (χ0v) is 7.98. The van der Waals surface area contributed by atoms with Crippen LogP contribution < -0.4 is 0 Å². The molecule has 0 aromatic carbocycles. The van der Waals surface area contributed by atoms with Gasteiger partial charge in [-0.1, -0.05) is 12.2 Å². The summed E-state index contributed by atoms with van der Waals surface area (Å²) in [6.45, 7) is 4.47. The third kappa shape index (κ3) is 1.16. The summed E-state index contributed by atoms with van der Waals surface area (Å²) in [7, 11) is 0. The van der Waals surface area contributed by atoms with Gasteiger partial charge in [-0.3, -0.25) is 0 Å². The van der Waals surface area contributed by atoms with Crippen LogP contribution in [0.4, 0.5) is 0 Å². The predicted molar refractivity (Wildman–Crippen MR) is 53.0 cm³/mol. The van der Waals surface area contributed by atoms with Crippen molar-refractivity contribution in [1.29, 1.82) is 0 Å². The highest BCUT2D eigenvalue weighted by molar-refractivity contribution is 5.58. The normalized spacial score (nSPS) is 23.2. The van der Waals surface area contributed by atoms with E-state index in [4.69, 9.17) is 0 Å². The smallest absolute Gasteiger partial charge is 0.0232 e. The van der Waals surface area contributed by atoms with Gasteiger partial charge in [0.2, 0.25) is 0 Å². The Hall–Kier alpha value is -0.780. The van der Waals surface area contributed by atoms with Crippen LogP contribution in [-0.4, -0.2) is 0 Å². The Morgan fingerprint density at radius 3 is 2.83 bits per heavy atom. The summed E-state index contributed by atoms with van der Waals surface area (Å²) < 4.78 is 0. The molecule has 0 heteroatoms. The SMILES string of the molecule is CC1=C(C)C2=CCCCCC2=C1. The maximum Gasteiger partial charge on any atom is -0.0232 e. The van der Waals surface area contributed by atoms with Crippen molar-refractivity contribution in [2.24, 2.45) is 0 Å². The molecule has 64 valence electrons. The molecule has 0 unspecified atom stereocenters. The van der Waals surface area contributed by atoms with Gasteiger partial charge in [-0.05, 0) is 61.8 Å². The van der Waals surface area contributed by atoms with Crippen molar-refractivity contribution in [2.45, 2.75) is 39.5 Å². The molecule has 0 saturated heterocycles. The molecule has 12 heavy (non-hydrogen) atoms. The van der Waals surface area contributed by atoms with Gasteiger partial charge < -0.3 is 0 Å². The van der Waals surface area contributed by atoms with Gasteiger partial charge in [0, 0.05) is 0 Å². The van der Waals surface area contributed by atoms with Crippen molar-refractivity contribution in [3.05, 3.63) is 34.4 Å². The van der Waals surface area contributed by atoms with Crippen LogP contribution in [0.1, 0.15) is 39.5 Å². The highest BCUT2D eigenvalue weighted by Gasteiger charge is 2.16. The predicted octanol–water partition coefficient (Wildman–Crippen LogP) is 3.76. The molecule has 0 radical (unpaired) electrons. The lowest BCUT2D eigenvalue weighted by Gasteiger charge is -2.03. The first-order valence-electron chi connectivity index (χ1n) is 4.88. The fourth-order valence-electron chi connectivity index (χ4n) is 2.10. The summed E-state index contributed by atoms with van der Waals surface area (Å²) >= 11 is 0. The Morgan fingerprint density at radius 1 is 1.17 bits per heavy atom. The van der Waals surface area contributed by atoms with Gasteiger partial charge in [0.1, 0.15) is 0 Å². The molecular weight excluding hydrogens is 144 g/mol. The molecule has 0 saturated carbocycles. The molecule has 0 spiro atoms. The van der Waals surface area contributed by atoms with Crippen molar-refractivity contribution in [2.75, 3.05) is 0 Å². The summed E-state index contributed by atoms with van der Waals surface area (Å²) in [6.07, 6.45) is 10.1. The average molecular weight is 160 g/mol. The topological polar surface area (TPSA) is 0 Å². The Labute approximate surface area is 74.7 Å². The van der Waals surface area contributed by atoms with Gasteiger partial charge in [-0.2, -0.15) is 0 Å². The molecule has 0 N–H and O–H groups in total. The van der Waals surface area contributed by atoms with Crippen LogP contribution in [0.15, 0.2) is 34.4 Å². The van der Waals surface area contributed by atoms with Crippen LogP contribution in [0.5, 0.6) is 0 Å². The van der Waals surface area contributed by atoms with Crippen LogP contribution in [0.25, 0.3) is 0 Å². The molecule has 0 nitrogen and oxygen atoms in total. The van der Waals surface area contributed by atoms with E-state index in [0.29, 0.717) is 0 Å². The standard InChI is InChI=1S/C12H16/c1-9-8-11-6-4-3-5-7-12(11)10(9)2/h7-8H,3-6H2,1-2H3. The first-order chi connectivity index (χ1) is 5.79. The lowest BCUT2D eigenvalue weighted by molar-refractivity contribution is 0.765. The molecule has 0 aromatic rings. The zero-order chi connectivity index (χ0) is 8.55. The second-order valence-electron chi connectivity index (χ2n) is 3.84. The van der Waals surface area contributed by atoms with Crippen LogP contribution in [-0.2, 0) is 0 Å². The highest BCUT2D eigenvalue weighted by atomic mass is 14.2. The van der Waals surface area contributed by atoms with Gasteiger partial charge in [0.15, 0.2) is 0 Å². The molecule has 2 aliphatic carbocycles. The molecule has 0 aromatic heterocycles. The van der Waals surface area contributed by atoms with Crippen molar-refractivity contribution < 1.29 is 0 Å². The van der Waals surface area contributed by atoms with Gasteiger partial charge in [0.05, 0.1) is 0 Å². The maximum absolute atomic E-state index is 2.42. The first kappa shape index (κ1) is 7.85. The summed E-state index contributed by atoms with van der Waals surface area (Å²) in [5, 5.41) is 0. The van der Waals surface area contributed by atoms with Crippen LogP contribution in [0.2, 0.25) is 0 Å². The van der Waals surface area contributed by atoms with E-state index in [9.17, 15) is 0 Å². The third-order valence-electron chi connectivity index (χ3n) is 2.98. The van der Waals surface area contributed by atoms with E-state index < -0.39 is 0 Å². The van der Waals surface area contributed by atoms with Crippen molar-refractivity contribution >= 4 is 0 Å². The van der Waals surface area contributed by atoms with E-state index in [1.807, 2.05) is 0 Å². The largest absolute Gasteiger partial charge is 0.0767 e. The third-order valence-corrected chi connectivity index (χ3v) is 2.98. The number of hydrogen-bond acceptors (Lipinski definition) is 0. The molecule has 2 aliphatic rings. The summed E-state index contributed by atoms with van der Waals surface area (Å²) in [6, 6.07) is 0. The number of hydrogen-bond donors (Lipinski definition) is 0. The summed E-state index contributed by atoms with van der Waals surface area (Å²) in [4.78, 5) is 0. The van der Waals surface area contributed by atoms with E-state index in [-0.39, 0.29) is 0 Å². The van der Waals surface area contributed by atoms with Gasteiger partial charge in [-0.15, -0.1) is 0 Å². The van der Waals surface area contributed by atoms with Crippen LogP contribution in [0.3, 0.4) is 0 Å². The lowest BCUT2D eigenvalue weighted by atomic mass is 10.0. The first-order valence-corrected chi connectivity index (χ1v) is 4.88. The quantitative estimate of drug-likeness (QED) is 0.506. The van der Waals surface area contributed by atoms with E-state index in [1.54, 1.807) is 11.1 Å². The van der Waals surface area contributed by atoms with Crippen molar-refractivity contribution in [3.63, 3.8) is 0 Å². The lowest BCUT2D eigenvalue weighted by Crippen LogP contribution is -1.84. The number of allylic oxidation sites excluding steroid dienone is 6. The van der Waals surface area contributed by atoms with Crippen LogP contribution >= 0.6 is 0 Å². The Morgan fingerprint density at radius 2 is 2.00 bits per heavy atom. The average Bonchev–Trinajstić information content (AvgIpc) is 2.30. The minimum absolute atomic E-state index is 1.28. The molecule has 0 bridgehead atoms. The minimum atomic E-state index is 1.28. The Balaban J connectivity index is 2.38. The van der Waals surface area contributed by atoms with Gasteiger partial charge in [0.25, 0.3) is 0 Å². The second kappa shape index (κ2) is 2.93. The van der Waals surface area contributed by atoms with Gasteiger partial charge in [-0.25, -0.2) is 0 Å². The van der Waals surface area contributed by atoms with Crippen molar-refractivity contribution in [3.8, 4) is 0 Å². The van der Waals surface area contributed by atoms with Crippen LogP contribution in [0, 0.1) is 0 Å². The Kier molecular flexibility index (Phi) is 1.92. The summed E-state index contributed by atoms with van der Waals surface area (Å²) in [5.74, 6) is 0. The minimum Gasteiger partial charge on any atom is -0.0767 e. The monoisotopic (exact) mass is 160 g/mol. The van der Waals surface area contributed by atoms with E-state index in [0.717, 1.165) is 0 Å². The number of fused-ring (bicyclic) bond motifs is 1. The molecule has 2 rings (SSSR count). The molecule has 0 amide bonds.